The highest BCUT2D eigenvalue weighted by Crippen LogP contribution is 2.22. The topological polar surface area (TPSA) is 500 Å². The van der Waals surface area contributed by atoms with E-state index in [0.29, 0.717) is 28.5 Å². The van der Waals surface area contributed by atoms with E-state index in [1.807, 2.05) is 18.2 Å². The molecule has 4 aromatic rings. The van der Waals surface area contributed by atoms with Crippen molar-refractivity contribution in [3.63, 3.8) is 0 Å². The zero-order valence-corrected chi connectivity index (χ0v) is 42.4. The van der Waals surface area contributed by atoms with Crippen LogP contribution in [0, 0.1) is 0 Å². The summed E-state index contributed by atoms with van der Waals surface area (Å²) in [5, 5.41) is 35.7. The molecule has 24 N–H and O–H groups in total. The second-order valence-corrected chi connectivity index (χ2v) is 17.9. The molecule has 0 aliphatic rings. The van der Waals surface area contributed by atoms with Gasteiger partial charge in [0, 0.05) is 72.4 Å². The Kier molecular flexibility index (Phi) is 23.6. The average Bonchev–Trinajstić information content (AvgIpc) is 3.98. The van der Waals surface area contributed by atoms with Crippen molar-refractivity contribution < 1.29 is 48.6 Å². The Morgan fingerprint density at radius 3 is 1.26 bits per heavy atom. The number of carbonyl (C=O) groups is 8. The van der Waals surface area contributed by atoms with Crippen LogP contribution in [0.1, 0.15) is 56.1 Å². The first-order valence-corrected chi connectivity index (χ1v) is 24.7. The van der Waals surface area contributed by atoms with Crippen LogP contribution < -0.4 is 72.0 Å². The molecule has 28 nitrogen and oxygen atoms in total. The standard InChI is InChI=1S/C47H68N18O10S/c48-28(10-5-15-55-45(49)50)38(68)60-31(13-6-16-56-46(51)52)39(69)62-33(18-24-21-58-29-11-3-1-8-26(24)29)41(71)63-34(19-25-22-59-30-12-4-2-9-27(25)30)42(72)65-36(23-76)43(73)61-32(14-7-17-57-47(53)54)40(70)64-35(44(74)75)20-37(66)67/h1-4,8-9,11-12,21-22,28,31-36,58-59,76H,5-7,10,13-20,23,48H2,(H,60,68)(H,61,73)(H,62,69)(H,63,71)(H,64,70)(H,65,72)(H,66,67)(H,74,75)(H4,49,50,55)(H4,51,52,56)(H4,53,54,57)/t28-,31-,32-,33-,34-,35-,36-/m0/s1. The van der Waals surface area contributed by atoms with Crippen LogP contribution in [0.5, 0.6) is 0 Å². The van der Waals surface area contributed by atoms with Crippen molar-refractivity contribution in [3.05, 3.63) is 72.1 Å². The van der Waals surface area contributed by atoms with Crippen molar-refractivity contribution in [3.8, 4) is 0 Å². The number of rotatable bonds is 32. The minimum atomic E-state index is -1.86. The number of carbonyl (C=O) groups excluding carboxylic acids is 6. The first-order valence-electron chi connectivity index (χ1n) is 24.1. The minimum absolute atomic E-state index is 0.00344. The maximum Gasteiger partial charge on any atom is 0.326 e. The number of nitrogens with two attached hydrogens (primary N) is 7. The van der Waals surface area contributed by atoms with Crippen LogP contribution in [0.25, 0.3) is 21.8 Å². The Balaban J connectivity index is 1.68. The SMILES string of the molecule is NC(N)=NCCC[C@H](NC(=O)[C@H](CS)NC(=O)[C@H](Cc1c[nH]c2ccccc12)NC(=O)[C@H](Cc1c[nH]c2ccccc12)NC(=O)[C@H](CCCN=C(N)N)NC(=O)[C@@H](N)CCCN=C(N)N)C(=O)N[C@@H](CC(=O)O)C(=O)O. The molecule has 6 amide bonds. The van der Waals surface area contributed by atoms with E-state index in [0.717, 1.165) is 10.9 Å². The zero-order valence-electron chi connectivity index (χ0n) is 41.5. The van der Waals surface area contributed by atoms with Gasteiger partial charge in [-0.05, 0) is 61.8 Å². The molecule has 0 radical (unpaired) electrons. The number of hydrogen-bond acceptors (Lipinski definition) is 13. The number of aliphatic imine (C=N–C) groups is 3. The van der Waals surface area contributed by atoms with E-state index >= 15 is 0 Å². The predicted octanol–water partition coefficient (Wildman–Crippen LogP) is -3.68. The number of guanidine groups is 3. The first kappa shape index (κ1) is 60.0. The van der Waals surface area contributed by atoms with Crippen molar-refractivity contribution in [1.82, 2.24) is 41.9 Å². The lowest BCUT2D eigenvalue weighted by atomic mass is 10.0. The number of nitrogens with zero attached hydrogens (tertiary/aromatic N) is 3. The fraction of sp³-hybridized carbons (Fsp3) is 0.426. The third-order valence-corrected chi connectivity index (χ3v) is 12.1. The molecule has 0 unspecified atom stereocenters. The largest absolute Gasteiger partial charge is 0.481 e. The Hall–Kier alpha value is -8.60. The van der Waals surface area contributed by atoms with Crippen LogP contribution in [0.4, 0.5) is 0 Å². The zero-order chi connectivity index (χ0) is 55.9. The maximum atomic E-state index is 14.9. The van der Waals surface area contributed by atoms with E-state index in [2.05, 4.69) is 69.5 Å². The molecule has 412 valence electrons. The highest BCUT2D eigenvalue weighted by Gasteiger charge is 2.35. The van der Waals surface area contributed by atoms with Gasteiger partial charge in [-0.3, -0.25) is 48.5 Å². The van der Waals surface area contributed by atoms with Gasteiger partial charge in [0.1, 0.15) is 36.3 Å². The van der Waals surface area contributed by atoms with Crippen LogP contribution in [0.15, 0.2) is 75.9 Å². The monoisotopic (exact) mass is 1080 g/mol. The summed E-state index contributed by atoms with van der Waals surface area (Å²) in [4.78, 5) is 126. The molecule has 0 aliphatic carbocycles. The summed E-state index contributed by atoms with van der Waals surface area (Å²) >= 11 is 4.30. The van der Waals surface area contributed by atoms with Crippen LogP contribution in [0.2, 0.25) is 0 Å². The number of fused-ring (bicyclic) bond motifs is 2. The lowest BCUT2D eigenvalue weighted by molar-refractivity contribution is -0.147. The van der Waals surface area contributed by atoms with Crippen LogP contribution in [0.3, 0.4) is 0 Å². The number of aromatic amines is 2. The van der Waals surface area contributed by atoms with Gasteiger partial charge in [0.2, 0.25) is 35.4 Å². The molecule has 7 atom stereocenters. The Bertz CT molecular complexity index is 2750. The summed E-state index contributed by atoms with van der Waals surface area (Å²) in [5.74, 6) is -9.32. The third kappa shape index (κ3) is 19.3. The smallest absolute Gasteiger partial charge is 0.326 e. The average molecular weight is 1080 g/mol. The molecular formula is C47H68N18O10S. The molecule has 0 saturated carbocycles. The van der Waals surface area contributed by atoms with Gasteiger partial charge in [-0.1, -0.05) is 36.4 Å². The summed E-state index contributed by atoms with van der Waals surface area (Å²) in [7, 11) is 0. The minimum Gasteiger partial charge on any atom is -0.481 e. The van der Waals surface area contributed by atoms with E-state index in [4.69, 9.17) is 40.1 Å². The summed E-state index contributed by atoms with van der Waals surface area (Å²) < 4.78 is 0. The number of hydrogen-bond donors (Lipinski definition) is 18. The summed E-state index contributed by atoms with van der Waals surface area (Å²) in [6, 6.07) is 4.31. The van der Waals surface area contributed by atoms with Crippen molar-refractivity contribution in [2.45, 2.75) is 100 Å². The number of H-pyrrole nitrogens is 2. The number of benzene rings is 2. The van der Waals surface area contributed by atoms with Gasteiger partial charge >= 0.3 is 11.9 Å². The van der Waals surface area contributed by atoms with Crippen molar-refractivity contribution in [2.24, 2.45) is 55.1 Å². The van der Waals surface area contributed by atoms with Gasteiger partial charge in [0.05, 0.1) is 12.5 Å². The van der Waals surface area contributed by atoms with Crippen molar-refractivity contribution in [2.75, 3.05) is 25.4 Å². The molecular weight excluding hydrogens is 1010 g/mol. The quantitative estimate of drug-likeness (QED) is 0.00969. The first-order chi connectivity index (χ1) is 36.2. The van der Waals surface area contributed by atoms with Gasteiger partial charge in [-0.15, -0.1) is 0 Å². The van der Waals surface area contributed by atoms with Gasteiger partial charge < -0.3 is 92.2 Å². The maximum absolute atomic E-state index is 14.9. The molecule has 2 heterocycles. The van der Waals surface area contributed by atoms with Crippen molar-refractivity contribution in [1.29, 1.82) is 0 Å². The highest BCUT2D eigenvalue weighted by atomic mass is 32.1. The van der Waals surface area contributed by atoms with E-state index < -0.39 is 96.1 Å². The number of aliphatic carboxylic acids is 2. The van der Waals surface area contributed by atoms with E-state index in [9.17, 15) is 48.6 Å². The van der Waals surface area contributed by atoms with Crippen LogP contribution >= 0.6 is 12.6 Å². The van der Waals surface area contributed by atoms with E-state index in [-0.39, 0.29) is 88.2 Å². The normalized spacial score (nSPS) is 13.8. The number of para-hydroxylation sites is 2. The molecule has 0 aliphatic heterocycles. The number of aromatic nitrogens is 2. The number of carboxylic acids is 2. The fourth-order valence-electron chi connectivity index (χ4n) is 7.86. The molecule has 0 saturated heterocycles. The number of thiol groups is 1. The molecule has 29 heteroatoms. The Morgan fingerprint density at radius 2 is 0.855 bits per heavy atom. The molecule has 2 aromatic carbocycles. The summed E-state index contributed by atoms with van der Waals surface area (Å²) in [5.41, 5.74) is 41.5. The van der Waals surface area contributed by atoms with Crippen LogP contribution in [-0.4, -0.2) is 153 Å². The molecule has 0 fully saturated rings. The lowest BCUT2D eigenvalue weighted by Gasteiger charge is -2.27. The predicted molar refractivity (Wildman–Crippen MR) is 287 cm³/mol. The van der Waals surface area contributed by atoms with Gasteiger partial charge in [-0.2, -0.15) is 12.6 Å². The number of amides is 6. The summed E-state index contributed by atoms with van der Waals surface area (Å²) in [6.45, 7) is 0.288. The molecule has 76 heavy (non-hydrogen) atoms. The lowest BCUT2D eigenvalue weighted by Crippen LogP contribution is -2.60. The Morgan fingerprint density at radius 1 is 0.500 bits per heavy atom. The van der Waals surface area contributed by atoms with Gasteiger partial charge in [0.25, 0.3) is 0 Å². The second kappa shape index (κ2) is 29.9. The fourth-order valence-corrected chi connectivity index (χ4v) is 8.12. The highest BCUT2D eigenvalue weighted by molar-refractivity contribution is 7.80. The van der Waals surface area contributed by atoms with E-state index in [1.165, 1.54) is 0 Å². The van der Waals surface area contributed by atoms with E-state index in [1.54, 1.807) is 42.7 Å². The van der Waals surface area contributed by atoms with Crippen molar-refractivity contribution >= 4 is 99.7 Å². The van der Waals surface area contributed by atoms with Gasteiger partial charge in [-0.25, -0.2) is 4.79 Å². The number of nitrogens with one attached hydrogen (secondary N) is 8. The van der Waals surface area contributed by atoms with Gasteiger partial charge in [0.15, 0.2) is 17.9 Å². The van der Waals surface area contributed by atoms with Crippen LogP contribution in [-0.2, 0) is 51.2 Å². The molecule has 0 spiro atoms. The number of carboxylic acid groups (broad SMARTS) is 2. The Labute approximate surface area is 441 Å². The summed E-state index contributed by atoms with van der Waals surface area (Å²) in [6.07, 6.45) is 2.66. The molecule has 0 bridgehead atoms. The molecule has 2 aromatic heterocycles. The third-order valence-electron chi connectivity index (χ3n) is 11.7. The second-order valence-electron chi connectivity index (χ2n) is 17.6. The molecule has 4 rings (SSSR count).